The van der Waals surface area contributed by atoms with Crippen molar-refractivity contribution in [2.45, 2.75) is 77.0 Å². The van der Waals surface area contributed by atoms with E-state index >= 15 is 0 Å². The summed E-state index contributed by atoms with van der Waals surface area (Å²) in [6.45, 7) is 8.35. The lowest BCUT2D eigenvalue weighted by Gasteiger charge is -2.48. The minimum Gasteiger partial charge on any atom is -0.491 e. The largest absolute Gasteiger partial charge is 0.491 e. The number of benzene rings is 2. The number of anilines is 1. The van der Waals surface area contributed by atoms with Gasteiger partial charge >= 0.3 is 0 Å². The number of rotatable bonds is 5. The zero-order valence-electron chi connectivity index (χ0n) is 28.0. The number of hydrogen-bond donors (Lipinski definition) is 1. The zero-order valence-corrected chi connectivity index (χ0v) is 29.6. The Morgan fingerprint density at radius 2 is 1.78 bits per heavy atom. The van der Waals surface area contributed by atoms with E-state index in [0.29, 0.717) is 41.9 Å². The highest BCUT2D eigenvalue weighted by Crippen LogP contribution is 2.47. The smallest absolute Gasteiger partial charge is 0.261 e. The molecule has 9 heteroatoms. The number of ether oxygens (including phenoxy) is 3. The van der Waals surface area contributed by atoms with Gasteiger partial charge in [0.15, 0.2) is 6.29 Å². The van der Waals surface area contributed by atoms with Crippen LogP contribution in [0.1, 0.15) is 79.8 Å². The van der Waals surface area contributed by atoms with E-state index in [1.807, 2.05) is 18.2 Å². The van der Waals surface area contributed by atoms with Crippen molar-refractivity contribution >= 4 is 35.1 Å². The molecule has 2 aromatic carbocycles. The van der Waals surface area contributed by atoms with Crippen LogP contribution >= 0.6 is 23.5 Å². The second kappa shape index (κ2) is 15.5. The molecule has 1 N–H and O–H groups in total. The molecule has 2 bridgehead atoms. The number of hydrogen-bond acceptors (Lipinski definition) is 7. The lowest BCUT2D eigenvalue weighted by Crippen LogP contribution is -2.51. The van der Waals surface area contributed by atoms with Crippen LogP contribution in [0.4, 0.5) is 5.69 Å². The minimum atomic E-state index is -0.145. The molecule has 1 saturated carbocycles. The van der Waals surface area contributed by atoms with E-state index in [0.717, 1.165) is 80.6 Å². The monoisotopic (exact) mass is 669 g/mol. The van der Waals surface area contributed by atoms with Crippen LogP contribution in [0.5, 0.6) is 5.75 Å². The molecule has 3 heterocycles. The predicted molar refractivity (Wildman–Crippen MR) is 188 cm³/mol. The van der Waals surface area contributed by atoms with Crippen molar-refractivity contribution in [3.8, 4) is 5.75 Å². The summed E-state index contributed by atoms with van der Waals surface area (Å²) in [7, 11) is 4.20. The third-order valence-electron chi connectivity index (χ3n) is 10.8. The van der Waals surface area contributed by atoms with E-state index in [1.165, 1.54) is 35.9 Å². The van der Waals surface area contributed by atoms with Crippen molar-refractivity contribution in [1.82, 2.24) is 9.62 Å². The van der Waals surface area contributed by atoms with Gasteiger partial charge in [0.05, 0.1) is 31.5 Å². The normalized spacial score (nSPS) is 30.9. The predicted octanol–water partition coefficient (Wildman–Crippen LogP) is 7.42. The summed E-state index contributed by atoms with van der Waals surface area (Å²) >= 11 is 7.99. The number of aryl methyl sites for hydroxylation is 1. The Balaban J connectivity index is 1.31. The topological polar surface area (TPSA) is 63.3 Å². The van der Waals surface area contributed by atoms with Gasteiger partial charge in [-0.3, -0.25) is 9.52 Å². The van der Waals surface area contributed by atoms with Crippen LogP contribution in [0.3, 0.4) is 0 Å². The minimum absolute atomic E-state index is 0.0413. The number of halogens is 1. The van der Waals surface area contributed by atoms with E-state index in [1.54, 1.807) is 0 Å². The van der Waals surface area contributed by atoms with Gasteiger partial charge in [0.2, 0.25) is 0 Å². The quantitative estimate of drug-likeness (QED) is 0.333. The molecule has 7 nitrogen and oxygen atoms in total. The number of nitrogens with zero attached hydrogens (tertiary/aromatic N) is 2. The SMILES string of the molecule is CCCc1cc(Cl)ccc1C1COc2ccc3cc2N(C1)CC1CCC1[C@H](C1OCC(N(C)C)CO1)CCC(C)CCSNC3=O. The van der Waals surface area contributed by atoms with Gasteiger partial charge in [-0.2, -0.15) is 0 Å². The highest BCUT2D eigenvalue weighted by molar-refractivity contribution is 7.97. The summed E-state index contributed by atoms with van der Waals surface area (Å²) in [5.74, 6) is 3.91. The van der Waals surface area contributed by atoms with Crippen LogP contribution in [0.15, 0.2) is 36.4 Å². The average Bonchev–Trinajstić information content (AvgIpc) is 3.22. The summed E-state index contributed by atoms with van der Waals surface area (Å²) in [4.78, 5) is 18.0. The van der Waals surface area contributed by atoms with Crippen molar-refractivity contribution in [3.63, 3.8) is 0 Å². The number of nitrogens with one attached hydrogen (secondary N) is 1. The maximum absolute atomic E-state index is 13.3. The van der Waals surface area contributed by atoms with Crippen LogP contribution in [-0.2, 0) is 15.9 Å². The molecule has 1 amide bonds. The fourth-order valence-electron chi connectivity index (χ4n) is 7.79. The summed E-state index contributed by atoms with van der Waals surface area (Å²) in [6, 6.07) is 12.6. The third kappa shape index (κ3) is 7.84. The summed E-state index contributed by atoms with van der Waals surface area (Å²) in [5, 5.41) is 0.783. The molecule has 3 aliphatic heterocycles. The van der Waals surface area contributed by atoms with Gasteiger partial charge in [-0.1, -0.05) is 56.3 Å². The van der Waals surface area contributed by atoms with Crippen molar-refractivity contribution in [2.24, 2.45) is 23.7 Å². The second-order valence-corrected chi connectivity index (χ2v) is 15.6. The van der Waals surface area contributed by atoms with E-state index in [4.69, 9.17) is 25.8 Å². The summed E-state index contributed by atoms with van der Waals surface area (Å²) < 4.78 is 22.7. The Labute approximate surface area is 285 Å². The first-order valence-electron chi connectivity index (χ1n) is 17.4. The van der Waals surface area contributed by atoms with Crippen LogP contribution in [0, 0.1) is 23.7 Å². The number of amides is 1. The first-order valence-corrected chi connectivity index (χ1v) is 18.8. The number of likely N-dealkylation sites (N-methyl/N-ethyl adjacent to an activating group) is 1. The van der Waals surface area contributed by atoms with Gasteiger partial charge in [0, 0.05) is 41.3 Å². The second-order valence-electron chi connectivity index (χ2n) is 14.3. The molecule has 2 fully saturated rings. The first kappa shape index (κ1) is 33.9. The van der Waals surface area contributed by atoms with Gasteiger partial charge in [0.1, 0.15) is 5.75 Å². The van der Waals surface area contributed by atoms with Crippen molar-refractivity contribution < 1.29 is 19.0 Å². The lowest BCUT2D eigenvalue weighted by molar-refractivity contribution is -0.241. The fourth-order valence-corrected chi connectivity index (χ4v) is 8.85. The molecule has 46 heavy (non-hydrogen) atoms. The lowest BCUT2D eigenvalue weighted by atomic mass is 9.65. The summed E-state index contributed by atoms with van der Waals surface area (Å²) in [6.07, 6.45) is 7.62. The maximum Gasteiger partial charge on any atom is 0.261 e. The zero-order chi connectivity index (χ0) is 32.2. The maximum atomic E-state index is 13.3. The van der Waals surface area contributed by atoms with Gasteiger partial charge in [-0.15, -0.1) is 0 Å². The molecule has 0 radical (unpaired) electrons. The average molecular weight is 670 g/mol. The highest BCUT2D eigenvalue weighted by atomic mass is 35.5. The summed E-state index contributed by atoms with van der Waals surface area (Å²) in [5.41, 5.74) is 4.32. The van der Waals surface area contributed by atoms with E-state index in [2.05, 4.69) is 60.7 Å². The van der Waals surface area contributed by atoms with Gasteiger partial charge in [-0.05, 0) is 105 Å². The standard InChI is InChI=1S/C37H52ClN3O4S/c1-5-6-25-17-29(38)10-13-31(25)28-20-41-19-27-8-12-32(27)33(37-44-22-30(23-45-37)40(3)4)11-7-24(2)15-16-46-39-36(42)26-9-14-35(43-21-28)34(41)18-26/h9-10,13-14,17-18,24,27-28,30,32-33,37H,5-8,11-12,15-16,19-23H2,1-4H3,(H,39,42)/t24?,27?,28?,30?,32?,33-,37?/m1/s1. The number of carbonyl (C=O) groups is 1. The molecule has 1 aliphatic carbocycles. The van der Waals surface area contributed by atoms with E-state index < -0.39 is 0 Å². The Morgan fingerprint density at radius 3 is 2.52 bits per heavy atom. The Morgan fingerprint density at radius 1 is 0.978 bits per heavy atom. The highest BCUT2D eigenvalue weighted by Gasteiger charge is 2.44. The van der Waals surface area contributed by atoms with E-state index in [-0.39, 0.29) is 18.1 Å². The fraction of sp³-hybridized carbons (Fsp3) is 0.649. The van der Waals surface area contributed by atoms with Crippen LogP contribution in [0.25, 0.3) is 0 Å². The van der Waals surface area contributed by atoms with Gasteiger partial charge < -0.3 is 24.0 Å². The van der Waals surface area contributed by atoms with Crippen LogP contribution in [0.2, 0.25) is 5.02 Å². The van der Waals surface area contributed by atoms with Gasteiger partial charge in [-0.25, -0.2) is 0 Å². The molecule has 5 atom stereocenters. The Kier molecular flexibility index (Phi) is 11.4. The molecule has 0 aromatic heterocycles. The molecule has 4 aliphatic rings. The van der Waals surface area contributed by atoms with E-state index in [9.17, 15) is 4.79 Å². The Bertz CT molecular complexity index is 1340. The molecule has 6 rings (SSSR count). The molecule has 252 valence electrons. The van der Waals surface area contributed by atoms with Crippen LogP contribution < -0.4 is 14.4 Å². The number of carbonyl (C=O) groups excluding carboxylic acids is 1. The molecular formula is C37H52ClN3O4S. The molecule has 1 saturated heterocycles. The van der Waals surface area contributed by atoms with Crippen molar-refractivity contribution in [3.05, 3.63) is 58.1 Å². The van der Waals surface area contributed by atoms with Gasteiger partial charge in [0.25, 0.3) is 5.91 Å². The first-order chi connectivity index (χ1) is 22.3. The van der Waals surface area contributed by atoms with Crippen molar-refractivity contribution in [1.29, 1.82) is 0 Å². The molecular weight excluding hydrogens is 618 g/mol. The Hall–Kier alpha value is -1.97. The van der Waals surface area contributed by atoms with Crippen LogP contribution in [-0.4, -0.2) is 75.9 Å². The molecule has 4 unspecified atom stereocenters. The van der Waals surface area contributed by atoms with Crippen molar-refractivity contribution in [2.75, 3.05) is 57.7 Å². The molecule has 0 spiro atoms. The molecule has 2 aromatic rings. The third-order valence-corrected chi connectivity index (χ3v) is 11.8. The number of fused-ring (bicyclic) bond motifs is 2.